The van der Waals surface area contributed by atoms with Gasteiger partial charge in [0.15, 0.2) is 10.8 Å². The highest BCUT2D eigenvalue weighted by atomic mass is 32.2. The number of nitrogens with zero attached hydrogens (tertiary/aromatic N) is 3. The summed E-state index contributed by atoms with van der Waals surface area (Å²) in [6.07, 6.45) is 1.76. The molecule has 1 saturated heterocycles. The normalized spacial score (nSPS) is 17.7. The predicted molar refractivity (Wildman–Crippen MR) is 77.3 cm³/mol. The second-order valence-corrected chi connectivity index (χ2v) is 7.20. The van der Waals surface area contributed by atoms with E-state index in [-0.39, 0.29) is 42.8 Å². The number of nitrogens with two attached hydrogens (primary N) is 1. The third-order valence-electron chi connectivity index (χ3n) is 3.21. The Morgan fingerprint density at radius 3 is 3.00 bits per heavy atom. The van der Waals surface area contributed by atoms with E-state index in [2.05, 4.69) is 15.7 Å². The summed E-state index contributed by atoms with van der Waals surface area (Å²) in [5.41, 5.74) is 2.33. The molecule has 1 amide bonds. The number of rotatable bonds is 3. The van der Waals surface area contributed by atoms with Crippen molar-refractivity contribution in [1.29, 1.82) is 0 Å². The van der Waals surface area contributed by atoms with Crippen molar-refractivity contribution in [3.63, 3.8) is 0 Å². The Kier molecular flexibility index (Phi) is 3.57. The highest BCUT2D eigenvalue weighted by Crippen LogP contribution is 2.27. The van der Waals surface area contributed by atoms with Crippen LogP contribution in [0.1, 0.15) is 6.42 Å². The number of fused-ring (bicyclic) bond motifs is 1. The number of sulfonamides is 1. The van der Waals surface area contributed by atoms with Gasteiger partial charge in [0.25, 0.3) is 10.0 Å². The summed E-state index contributed by atoms with van der Waals surface area (Å²) in [5, 5.41) is 4.39. The Hall–Kier alpha value is -1.69. The van der Waals surface area contributed by atoms with Crippen LogP contribution >= 0.6 is 11.3 Å². The first-order chi connectivity index (χ1) is 10.0. The van der Waals surface area contributed by atoms with Gasteiger partial charge in [-0.15, -0.1) is 11.3 Å². The summed E-state index contributed by atoms with van der Waals surface area (Å²) in [7, 11) is -3.80. The standard InChI is InChI=1S/C10H14N6O3S2/c11-14-8-9(16-5-6-20-10(16)13-8)21(18,19)15-3-1-7(17)12-2-4-15/h5-6,14H,1-4,11H2,(H,12,17). The zero-order valence-corrected chi connectivity index (χ0v) is 12.6. The molecule has 11 heteroatoms. The van der Waals surface area contributed by atoms with Crippen molar-refractivity contribution in [3.05, 3.63) is 11.6 Å². The molecule has 1 aliphatic heterocycles. The maximum absolute atomic E-state index is 12.8. The largest absolute Gasteiger partial charge is 0.355 e. The van der Waals surface area contributed by atoms with E-state index >= 15 is 0 Å². The van der Waals surface area contributed by atoms with E-state index in [1.54, 1.807) is 11.6 Å². The number of aromatic nitrogens is 2. The number of hydrazine groups is 1. The monoisotopic (exact) mass is 330 g/mol. The maximum atomic E-state index is 12.8. The lowest BCUT2D eigenvalue weighted by atomic mass is 10.4. The number of hydrogen-bond acceptors (Lipinski definition) is 7. The third-order valence-corrected chi connectivity index (χ3v) is 5.89. The number of imidazole rings is 1. The average molecular weight is 330 g/mol. The molecule has 0 aliphatic carbocycles. The zero-order valence-electron chi connectivity index (χ0n) is 10.9. The molecule has 114 valence electrons. The summed E-state index contributed by atoms with van der Waals surface area (Å²) in [6.45, 7) is 0.639. The summed E-state index contributed by atoms with van der Waals surface area (Å²) >= 11 is 1.31. The Morgan fingerprint density at radius 2 is 2.24 bits per heavy atom. The number of carbonyl (C=O) groups excluding carboxylic acids is 1. The average Bonchev–Trinajstić information content (AvgIpc) is 2.94. The third kappa shape index (κ3) is 2.37. The minimum Gasteiger partial charge on any atom is -0.355 e. The van der Waals surface area contributed by atoms with E-state index in [4.69, 9.17) is 5.84 Å². The van der Waals surface area contributed by atoms with Gasteiger partial charge in [-0.25, -0.2) is 14.3 Å². The highest BCUT2D eigenvalue weighted by Gasteiger charge is 2.33. The van der Waals surface area contributed by atoms with E-state index in [1.807, 2.05) is 0 Å². The summed E-state index contributed by atoms with van der Waals surface area (Å²) in [6, 6.07) is 0. The maximum Gasteiger partial charge on any atom is 0.263 e. The minimum absolute atomic E-state index is 0.00408. The van der Waals surface area contributed by atoms with Crippen LogP contribution in [-0.2, 0) is 14.8 Å². The molecule has 9 nitrogen and oxygen atoms in total. The SMILES string of the molecule is NNc1nc2sccn2c1S(=O)(=O)N1CCNC(=O)CC1. The molecule has 0 aromatic carbocycles. The number of hydrogen-bond donors (Lipinski definition) is 3. The van der Waals surface area contributed by atoms with Crippen LogP contribution in [0.4, 0.5) is 5.82 Å². The molecule has 0 atom stereocenters. The van der Waals surface area contributed by atoms with Crippen molar-refractivity contribution >= 4 is 38.0 Å². The van der Waals surface area contributed by atoms with Crippen LogP contribution in [0.15, 0.2) is 16.6 Å². The fraction of sp³-hybridized carbons (Fsp3) is 0.400. The highest BCUT2D eigenvalue weighted by molar-refractivity contribution is 7.89. The molecular formula is C10H14N6O3S2. The van der Waals surface area contributed by atoms with Gasteiger partial charge in [0.2, 0.25) is 10.9 Å². The van der Waals surface area contributed by atoms with Gasteiger partial charge in [-0.3, -0.25) is 9.20 Å². The Morgan fingerprint density at radius 1 is 1.43 bits per heavy atom. The lowest BCUT2D eigenvalue weighted by Gasteiger charge is -2.19. The van der Waals surface area contributed by atoms with E-state index < -0.39 is 10.0 Å². The number of nitrogen functional groups attached to an aromatic ring is 1. The fourth-order valence-electron chi connectivity index (χ4n) is 2.21. The molecule has 3 rings (SSSR count). The van der Waals surface area contributed by atoms with Gasteiger partial charge in [0.05, 0.1) is 0 Å². The van der Waals surface area contributed by atoms with Crippen LogP contribution in [0, 0.1) is 0 Å². The molecule has 0 bridgehead atoms. The van der Waals surface area contributed by atoms with E-state index in [0.29, 0.717) is 4.96 Å². The van der Waals surface area contributed by atoms with Crippen LogP contribution in [0.5, 0.6) is 0 Å². The topological polar surface area (TPSA) is 122 Å². The lowest BCUT2D eigenvalue weighted by molar-refractivity contribution is -0.120. The molecule has 0 saturated carbocycles. The predicted octanol–water partition coefficient (Wildman–Crippen LogP) is -0.808. The van der Waals surface area contributed by atoms with Crippen LogP contribution in [-0.4, -0.2) is 47.6 Å². The second kappa shape index (κ2) is 5.26. The molecule has 1 aliphatic rings. The van der Waals surface area contributed by atoms with Crippen molar-refractivity contribution < 1.29 is 13.2 Å². The van der Waals surface area contributed by atoms with Gasteiger partial charge in [0.1, 0.15) is 0 Å². The molecule has 21 heavy (non-hydrogen) atoms. The van der Waals surface area contributed by atoms with Gasteiger partial charge >= 0.3 is 0 Å². The molecule has 2 aromatic heterocycles. The smallest absolute Gasteiger partial charge is 0.263 e. The summed E-state index contributed by atoms with van der Waals surface area (Å²) < 4.78 is 28.4. The molecular weight excluding hydrogens is 316 g/mol. The Balaban J connectivity index is 2.07. The van der Waals surface area contributed by atoms with Crippen molar-refractivity contribution in [2.75, 3.05) is 25.1 Å². The van der Waals surface area contributed by atoms with Crippen molar-refractivity contribution in [1.82, 2.24) is 19.0 Å². The molecule has 0 spiro atoms. The quantitative estimate of drug-likeness (QED) is 0.500. The number of thiazole rings is 1. The fourth-order valence-corrected chi connectivity index (χ4v) is 4.64. The molecule has 0 unspecified atom stereocenters. The van der Waals surface area contributed by atoms with Crippen LogP contribution < -0.4 is 16.6 Å². The van der Waals surface area contributed by atoms with E-state index in [9.17, 15) is 13.2 Å². The molecule has 2 aromatic rings. The first-order valence-electron chi connectivity index (χ1n) is 6.23. The van der Waals surface area contributed by atoms with Gasteiger partial charge in [0, 0.05) is 37.6 Å². The Labute approximate surface area is 124 Å². The van der Waals surface area contributed by atoms with Crippen molar-refractivity contribution in [2.45, 2.75) is 11.4 Å². The number of carbonyl (C=O) groups is 1. The first kappa shape index (κ1) is 14.3. The molecule has 4 N–H and O–H groups in total. The van der Waals surface area contributed by atoms with E-state index in [0.717, 1.165) is 0 Å². The van der Waals surface area contributed by atoms with Gasteiger partial charge < -0.3 is 10.7 Å². The van der Waals surface area contributed by atoms with Crippen LogP contribution in [0.25, 0.3) is 4.96 Å². The lowest BCUT2D eigenvalue weighted by Crippen LogP contribution is -2.35. The summed E-state index contributed by atoms with van der Waals surface area (Å²) in [4.78, 5) is 16.0. The van der Waals surface area contributed by atoms with Gasteiger partial charge in [-0.1, -0.05) is 0 Å². The van der Waals surface area contributed by atoms with Crippen molar-refractivity contribution in [3.8, 4) is 0 Å². The second-order valence-electron chi connectivity index (χ2n) is 4.47. The molecule has 0 radical (unpaired) electrons. The summed E-state index contributed by atoms with van der Waals surface area (Å²) in [5.74, 6) is 5.33. The zero-order chi connectivity index (χ0) is 15.0. The number of nitrogens with one attached hydrogen (secondary N) is 2. The molecule has 3 heterocycles. The van der Waals surface area contributed by atoms with Crippen LogP contribution in [0.2, 0.25) is 0 Å². The van der Waals surface area contributed by atoms with Gasteiger partial charge in [-0.2, -0.15) is 9.29 Å². The number of anilines is 1. The van der Waals surface area contributed by atoms with Gasteiger partial charge in [-0.05, 0) is 0 Å². The minimum atomic E-state index is -3.80. The van der Waals surface area contributed by atoms with Crippen molar-refractivity contribution in [2.24, 2.45) is 5.84 Å². The first-order valence-corrected chi connectivity index (χ1v) is 8.55. The van der Waals surface area contributed by atoms with E-state index in [1.165, 1.54) is 20.0 Å². The number of amides is 1. The molecule has 1 fully saturated rings. The van der Waals surface area contributed by atoms with Crippen LogP contribution in [0.3, 0.4) is 0 Å². The Bertz CT molecular complexity index is 780.